The predicted molar refractivity (Wildman–Crippen MR) is 67.6 cm³/mol. The lowest BCUT2D eigenvalue weighted by atomic mass is 10.3. The maximum absolute atomic E-state index is 11.5. The van der Waals surface area contributed by atoms with Crippen LogP contribution in [-0.2, 0) is 9.53 Å². The van der Waals surface area contributed by atoms with Crippen LogP contribution in [0.2, 0.25) is 0 Å². The standard InChI is InChI=1S/C11H17N3O2S/c1-7-4-8(2)13-10(5-7)17-9(6-16-3)11(15)14-12/h4-5,9H,6,12H2,1-3H3,(H,14,15). The van der Waals surface area contributed by atoms with Gasteiger partial charge in [0, 0.05) is 12.8 Å². The number of rotatable bonds is 5. The van der Waals surface area contributed by atoms with Crippen LogP contribution in [0.15, 0.2) is 17.2 Å². The number of ether oxygens (including phenoxy) is 1. The summed E-state index contributed by atoms with van der Waals surface area (Å²) in [5.41, 5.74) is 4.17. The molecule has 0 fully saturated rings. The topological polar surface area (TPSA) is 77.2 Å². The van der Waals surface area contributed by atoms with E-state index in [1.807, 2.05) is 26.0 Å². The summed E-state index contributed by atoms with van der Waals surface area (Å²) >= 11 is 1.35. The van der Waals surface area contributed by atoms with Gasteiger partial charge in [0.15, 0.2) is 0 Å². The Morgan fingerprint density at radius 1 is 1.59 bits per heavy atom. The Morgan fingerprint density at radius 3 is 2.82 bits per heavy atom. The molecular formula is C11H17N3O2S. The van der Waals surface area contributed by atoms with E-state index < -0.39 is 5.25 Å². The fourth-order valence-corrected chi connectivity index (χ4v) is 2.54. The molecule has 6 heteroatoms. The Labute approximate surface area is 105 Å². The summed E-state index contributed by atoms with van der Waals surface area (Å²) in [6, 6.07) is 3.92. The lowest BCUT2D eigenvalue weighted by Crippen LogP contribution is -2.39. The number of aryl methyl sites for hydroxylation is 2. The van der Waals surface area contributed by atoms with Gasteiger partial charge in [-0.2, -0.15) is 0 Å². The minimum atomic E-state index is -0.390. The van der Waals surface area contributed by atoms with Crippen LogP contribution in [-0.4, -0.2) is 29.9 Å². The van der Waals surface area contributed by atoms with E-state index in [1.165, 1.54) is 11.8 Å². The zero-order valence-corrected chi connectivity index (χ0v) is 11.0. The van der Waals surface area contributed by atoms with Gasteiger partial charge in [-0.25, -0.2) is 10.8 Å². The van der Waals surface area contributed by atoms with Crippen LogP contribution in [0.1, 0.15) is 11.3 Å². The summed E-state index contributed by atoms with van der Waals surface area (Å²) in [6.45, 7) is 4.21. The predicted octanol–water partition coefficient (Wildman–Crippen LogP) is 0.795. The fraction of sp³-hybridized carbons (Fsp3) is 0.455. The molecule has 0 saturated carbocycles. The van der Waals surface area contributed by atoms with Crippen molar-refractivity contribution in [2.24, 2.45) is 5.84 Å². The van der Waals surface area contributed by atoms with Crippen LogP contribution >= 0.6 is 11.8 Å². The van der Waals surface area contributed by atoms with E-state index in [0.717, 1.165) is 16.3 Å². The molecule has 0 aliphatic rings. The third kappa shape index (κ3) is 4.33. The summed E-state index contributed by atoms with van der Waals surface area (Å²) in [4.78, 5) is 15.9. The second kappa shape index (κ2) is 6.58. The first-order chi connectivity index (χ1) is 8.06. The molecule has 1 aromatic heterocycles. The Bertz CT molecular complexity index is 378. The van der Waals surface area contributed by atoms with Crippen LogP contribution in [0.3, 0.4) is 0 Å². The Morgan fingerprint density at radius 2 is 2.29 bits per heavy atom. The number of amides is 1. The first kappa shape index (κ1) is 14.0. The summed E-state index contributed by atoms with van der Waals surface area (Å²) < 4.78 is 4.99. The average molecular weight is 255 g/mol. The average Bonchev–Trinajstić information content (AvgIpc) is 2.26. The first-order valence-electron chi connectivity index (χ1n) is 5.18. The molecule has 17 heavy (non-hydrogen) atoms. The van der Waals surface area contributed by atoms with Crippen molar-refractivity contribution in [3.8, 4) is 0 Å². The quantitative estimate of drug-likeness (QED) is 0.352. The van der Waals surface area contributed by atoms with Crippen molar-refractivity contribution in [1.82, 2.24) is 10.4 Å². The Balaban J connectivity index is 2.81. The normalized spacial score (nSPS) is 12.2. The molecule has 1 rings (SSSR count). The molecule has 1 unspecified atom stereocenters. The number of hydrogen-bond acceptors (Lipinski definition) is 5. The molecule has 0 aromatic carbocycles. The van der Waals surface area contributed by atoms with Crippen LogP contribution in [0.4, 0.5) is 0 Å². The molecule has 0 spiro atoms. The number of nitrogens with one attached hydrogen (secondary N) is 1. The van der Waals surface area contributed by atoms with Crippen molar-refractivity contribution in [3.05, 3.63) is 23.4 Å². The van der Waals surface area contributed by atoms with Crippen LogP contribution in [0.25, 0.3) is 0 Å². The lowest BCUT2D eigenvalue weighted by Gasteiger charge is -2.13. The third-order valence-electron chi connectivity index (χ3n) is 2.09. The van der Waals surface area contributed by atoms with E-state index in [9.17, 15) is 4.79 Å². The number of methoxy groups -OCH3 is 1. The highest BCUT2D eigenvalue weighted by Gasteiger charge is 2.19. The van der Waals surface area contributed by atoms with E-state index in [1.54, 1.807) is 7.11 Å². The fourth-order valence-electron chi connectivity index (χ4n) is 1.42. The molecule has 3 N–H and O–H groups in total. The van der Waals surface area contributed by atoms with Gasteiger partial charge in [-0.05, 0) is 31.5 Å². The van der Waals surface area contributed by atoms with Crippen molar-refractivity contribution in [2.75, 3.05) is 13.7 Å². The van der Waals surface area contributed by atoms with Gasteiger partial charge >= 0.3 is 0 Å². The molecular weight excluding hydrogens is 238 g/mol. The van der Waals surface area contributed by atoms with Gasteiger partial charge in [0.1, 0.15) is 5.25 Å². The van der Waals surface area contributed by atoms with Crippen LogP contribution < -0.4 is 11.3 Å². The van der Waals surface area contributed by atoms with Crippen LogP contribution in [0, 0.1) is 13.8 Å². The summed E-state index contributed by atoms with van der Waals surface area (Å²) in [5, 5.41) is 0.409. The van der Waals surface area contributed by atoms with Crippen LogP contribution in [0.5, 0.6) is 0 Å². The Hall–Kier alpha value is -1.11. The summed E-state index contributed by atoms with van der Waals surface area (Å²) in [7, 11) is 1.55. The number of hydrogen-bond donors (Lipinski definition) is 2. The maximum Gasteiger partial charge on any atom is 0.249 e. The lowest BCUT2D eigenvalue weighted by molar-refractivity contribution is -0.121. The minimum absolute atomic E-state index is 0.266. The van der Waals surface area contributed by atoms with Gasteiger partial charge in [-0.3, -0.25) is 10.2 Å². The molecule has 1 atom stereocenters. The number of pyridine rings is 1. The molecule has 1 amide bonds. The van der Waals surface area contributed by atoms with Crippen molar-refractivity contribution < 1.29 is 9.53 Å². The van der Waals surface area contributed by atoms with Gasteiger partial charge < -0.3 is 4.74 Å². The van der Waals surface area contributed by atoms with Gasteiger partial charge in [0.2, 0.25) is 5.91 Å². The second-order valence-corrected chi connectivity index (χ2v) is 4.92. The molecule has 5 nitrogen and oxygen atoms in total. The molecule has 0 radical (unpaired) electrons. The highest BCUT2D eigenvalue weighted by Crippen LogP contribution is 2.23. The SMILES string of the molecule is COCC(Sc1cc(C)cc(C)n1)C(=O)NN. The highest BCUT2D eigenvalue weighted by atomic mass is 32.2. The highest BCUT2D eigenvalue weighted by molar-refractivity contribution is 8.00. The third-order valence-corrected chi connectivity index (χ3v) is 3.18. The van der Waals surface area contributed by atoms with Gasteiger partial charge in [-0.15, -0.1) is 0 Å². The molecule has 1 aromatic rings. The number of thioether (sulfide) groups is 1. The zero-order chi connectivity index (χ0) is 12.8. The molecule has 94 valence electrons. The van der Waals surface area contributed by atoms with E-state index in [0.29, 0.717) is 6.61 Å². The van der Waals surface area contributed by atoms with E-state index in [4.69, 9.17) is 10.6 Å². The monoisotopic (exact) mass is 255 g/mol. The minimum Gasteiger partial charge on any atom is -0.383 e. The van der Waals surface area contributed by atoms with Gasteiger partial charge in [0.05, 0.1) is 11.6 Å². The van der Waals surface area contributed by atoms with E-state index in [-0.39, 0.29) is 5.91 Å². The maximum atomic E-state index is 11.5. The van der Waals surface area contributed by atoms with Crippen molar-refractivity contribution in [3.63, 3.8) is 0 Å². The molecule has 0 bridgehead atoms. The van der Waals surface area contributed by atoms with Crippen molar-refractivity contribution >= 4 is 17.7 Å². The van der Waals surface area contributed by atoms with Crippen molar-refractivity contribution in [2.45, 2.75) is 24.1 Å². The summed E-state index contributed by atoms with van der Waals surface area (Å²) in [6.07, 6.45) is 0. The second-order valence-electron chi connectivity index (χ2n) is 3.69. The van der Waals surface area contributed by atoms with E-state index >= 15 is 0 Å². The zero-order valence-electron chi connectivity index (χ0n) is 10.2. The van der Waals surface area contributed by atoms with E-state index in [2.05, 4.69) is 10.4 Å². The first-order valence-corrected chi connectivity index (χ1v) is 6.06. The number of hydrazine groups is 1. The smallest absolute Gasteiger partial charge is 0.249 e. The molecule has 0 aliphatic heterocycles. The Kier molecular flexibility index (Phi) is 5.40. The molecule has 0 saturated heterocycles. The number of carbonyl (C=O) groups is 1. The van der Waals surface area contributed by atoms with Gasteiger partial charge in [0.25, 0.3) is 0 Å². The van der Waals surface area contributed by atoms with Gasteiger partial charge in [-0.1, -0.05) is 11.8 Å². The number of nitrogens with zero attached hydrogens (tertiary/aromatic N) is 1. The summed E-state index contributed by atoms with van der Waals surface area (Å²) in [5.74, 6) is 4.86. The molecule has 1 heterocycles. The van der Waals surface area contributed by atoms with Crippen molar-refractivity contribution in [1.29, 1.82) is 0 Å². The number of aromatic nitrogens is 1. The molecule has 0 aliphatic carbocycles. The number of carbonyl (C=O) groups excluding carboxylic acids is 1. The number of nitrogens with two attached hydrogens (primary N) is 1. The largest absolute Gasteiger partial charge is 0.383 e.